The Bertz CT molecular complexity index is 692. The molecule has 0 N–H and O–H groups in total. The Kier molecular flexibility index (Phi) is 22.2. The summed E-state index contributed by atoms with van der Waals surface area (Å²) in [6.07, 6.45) is 51.2. The molecule has 0 aromatic rings. The molecule has 0 bridgehead atoms. The highest BCUT2D eigenvalue weighted by molar-refractivity contribution is 5.23. The lowest BCUT2D eigenvalue weighted by Crippen LogP contribution is -1.69. The summed E-state index contributed by atoms with van der Waals surface area (Å²) >= 11 is 0. The molecular weight excluding hydrogens is 348 g/mol. The summed E-state index contributed by atoms with van der Waals surface area (Å²) in [5.41, 5.74) is 0. The van der Waals surface area contributed by atoms with Crippen molar-refractivity contribution in [2.45, 2.75) is 32.6 Å². The number of hydrogen-bond acceptors (Lipinski definition) is 0. The number of unbranched alkanes of at least 4 members (excludes halogenated alkanes) is 3. The van der Waals surface area contributed by atoms with Gasteiger partial charge in [0.2, 0.25) is 0 Å². The lowest BCUT2D eigenvalue weighted by Gasteiger charge is -1.89. The van der Waals surface area contributed by atoms with Gasteiger partial charge in [-0.05, 0) is 12.8 Å². The Labute approximate surface area is 179 Å². The van der Waals surface area contributed by atoms with Crippen LogP contribution >= 0.6 is 0 Å². The predicted octanol–water partition coefficient (Wildman–Crippen LogP) is 8.87. The van der Waals surface area contributed by atoms with Gasteiger partial charge in [-0.25, -0.2) is 0 Å². The first kappa shape index (κ1) is 25.9. The van der Waals surface area contributed by atoms with Crippen LogP contribution in [0.15, 0.2) is 146 Å². The van der Waals surface area contributed by atoms with Crippen LogP contribution in [-0.2, 0) is 0 Å². The lowest BCUT2D eigenvalue weighted by atomic mass is 10.2. The third-order valence-electron chi connectivity index (χ3n) is 3.47. The molecule has 0 saturated carbocycles. The molecule has 0 atom stereocenters. The van der Waals surface area contributed by atoms with Crippen molar-refractivity contribution in [2.24, 2.45) is 0 Å². The average molecular weight is 385 g/mol. The second-order valence-electron chi connectivity index (χ2n) is 6.01. The van der Waals surface area contributed by atoms with Gasteiger partial charge in [-0.3, -0.25) is 0 Å². The molecule has 0 fully saturated rings. The monoisotopic (exact) mass is 384 g/mol. The topological polar surface area (TPSA) is 0 Å². The molecule has 152 valence electrons. The van der Waals surface area contributed by atoms with E-state index in [9.17, 15) is 0 Å². The summed E-state index contributed by atoms with van der Waals surface area (Å²) in [5, 5.41) is 0. The first-order chi connectivity index (χ1) is 14.4. The summed E-state index contributed by atoms with van der Waals surface area (Å²) in [7, 11) is 0. The van der Waals surface area contributed by atoms with Crippen LogP contribution in [0.2, 0.25) is 0 Å². The zero-order chi connectivity index (χ0) is 21.1. The summed E-state index contributed by atoms with van der Waals surface area (Å²) < 4.78 is 0. The SMILES string of the molecule is C=CC=CC=CC=CC=CC=CC=CC=CC=CC=CC=CC=CCCCCC. The van der Waals surface area contributed by atoms with Crippen molar-refractivity contribution in [1.82, 2.24) is 0 Å². The van der Waals surface area contributed by atoms with Gasteiger partial charge in [0.15, 0.2) is 0 Å². The number of rotatable bonds is 15. The normalized spacial score (nSPS) is 14.2. The predicted molar refractivity (Wildman–Crippen MR) is 135 cm³/mol. The molecule has 0 nitrogen and oxygen atoms in total. The molecule has 0 rings (SSSR count). The fraction of sp³-hybridized carbons (Fsp3) is 0.172. The van der Waals surface area contributed by atoms with Crippen LogP contribution in [0.3, 0.4) is 0 Å². The Morgan fingerprint density at radius 1 is 0.414 bits per heavy atom. The minimum absolute atomic E-state index is 1.18. The third-order valence-corrected chi connectivity index (χ3v) is 3.47. The molecule has 0 spiro atoms. The second kappa shape index (κ2) is 24.9. The quantitative estimate of drug-likeness (QED) is 0.195. The molecule has 0 unspecified atom stereocenters. The van der Waals surface area contributed by atoms with Crippen molar-refractivity contribution < 1.29 is 0 Å². The van der Waals surface area contributed by atoms with Gasteiger partial charge in [0.05, 0.1) is 0 Å². The van der Waals surface area contributed by atoms with Crippen LogP contribution in [0.4, 0.5) is 0 Å². The van der Waals surface area contributed by atoms with Gasteiger partial charge in [0.1, 0.15) is 0 Å². The zero-order valence-electron chi connectivity index (χ0n) is 17.8. The van der Waals surface area contributed by atoms with Gasteiger partial charge in [-0.2, -0.15) is 0 Å². The minimum Gasteiger partial charge on any atom is -0.0991 e. The fourth-order valence-corrected chi connectivity index (χ4v) is 1.98. The highest BCUT2D eigenvalue weighted by Crippen LogP contribution is 1.99. The van der Waals surface area contributed by atoms with Crippen molar-refractivity contribution in [3.05, 3.63) is 146 Å². The molecule has 0 aliphatic heterocycles. The van der Waals surface area contributed by atoms with Crippen molar-refractivity contribution in [2.75, 3.05) is 0 Å². The Morgan fingerprint density at radius 3 is 1.03 bits per heavy atom. The first-order valence-corrected chi connectivity index (χ1v) is 10.4. The molecule has 0 amide bonds. The maximum Gasteiger partial charge on any atom is -0.0348 e. The van der Waals surface area contributed by atoms with E-state index in [1.807, 2.05) is 115 Å². The summed E-state index contributed by atoms with van der Waals surface area (Å²) in [6, 6.07) is 0. The van der Waals surface area contributed by atoms with Crippen LogP contribution in [0.1, 0.15) is 32.6 Å². The smallest absolute Gasteiger partial charge is 0.0348 e. The second-order valence-corrected chi connectivity index (χ2v) is 6.01. The fourth-order valence-electron chi connectivity index (χ4n) is 1.98. The van der Waals surface area contributed by atoms with Crippen LogP contribution in [0.25, 0.3) is 0 Å². The maximum absolute atomic E-state index is 3.61. The van der Waals surface area contributed by atoms with E-state index in [2.05, 4.69) is 31.7 Å². The van der Waals surface area contributed by atoms with Crippen molar-refractivity contribution in [3.8, 4) is 0 Å². The number of allylic oxidation sites excluding steroid dienone is 23. The van der Waals surface area contributed by atoms with E-state index in [0.29, 0.717) is 0 Å². The maximum atomic E-state index is 3.61. The van der Waals surface area contributed by atoms with E-state index in [-0.39, 0.29) is 0 Å². The van der Waals surface area contributed by atoms with E-state index >= 15 is 0 Å². The van der Waals surface area contributed by atoms with Crippen LogP contribution in [-0.4, -0.2) is 0 Å². The Hall–Kier alpha value is -3.12. The van der Waals surface area contributed by atoms with E-state index in [1.54, 1.807) is 6.08 Å². The molecule has 0 heteroatoms. The molecule has 0 aliphatic rings. The first-order valence-electron chi connectivity index (χ1n) is 10.4. The molecule has 0 heterocycles. The van der Waals surface area contributed by atoms with Gasteiger partial charge in [-0.15, -0.1) is 0 Å². The molecule has 0 aliphatic carbocycles. The number of hydrogen-bond donors (Lipinski definition) is 0. The molecule has 0 saturated heterocycles. The van der Waals surface area contributed by atoms with Gasteiger partial charge in [0, 0.05) is 0 Å². The molecular formula is C29H36. The van der Waals surface area contributed by atoms with E-state index in [0.717, 1.165) is 0 Å². The third kappa shape index (κ3) is 24.9. The van der Waals surface area contributed by atoms with Gasteiger partial charge in [0.25, 0.3) is 0 Å². The van der Waals surface area contributed by atoms with Gasteiger partial charge >= 0.3 is 0 Å². The van der Waals surface area contributed by atoms with Gasteiger partial charge in [-0.1, -0.05) is 166 Å². The lowest BCUT2D eigenvalue weighted by molar-refractivity contribution is 0.729. The van der Waals surface area contributed by atoms with E-state index in [4.69, 9.17) is 0 Å². The highest BCUT2D eigenvalue weighted by atomic mass is 13.9. The van der Waals surface area contributed by atoms with E-state index < -0.39 is 0 Å². The van der Waals surface area contributed by atoms with Crippen LogP contribution < -0.4 is 0 Å². The largest absolute Gasteiger partial charge is 0.0991 e. The molecule has 0 aromatic heterocycles. The van der Waals surface area contributed by atoms with Crippen LogP contribution in [0, 0.1) is 0 Å². The minimum atomic E-state index is 1.18. The Morgan fingerprint density at radius 2 is 0.724 bits per heavy atom. The Balaban J connectivity index is 3.88. The van der Waals surface area contributed by atoms with E-state index in [1.165, 1.54) is 25.7 Å². The van der Waals surface area contributed by atoms with Crippen LogP contribution in [0.5, 0.6) is 0 Å². The summed E-state index contributed by atoms with van der Waals surface area (Å²) in [5.74, 6) is 0. The highest BCUT2D eigenvalue weighted by Gasteiger charge is 1.79. The van der Waals surface area contributed by atoms with Gasteiger partial charge < -0.3 is 0 Å². The van der Waals surface area contributed by atoms with Crippen molar-refractivity contribution in [1.29, 1.82) is 0 Å². The molecule has 29 heavy (non-hydrogen) atoms. The molecule has 0 radical (unpaired) electrons. The average Bonchev–Trinajstić information content (AvgIpc) is 2.74. The van der Waals surface area contributed by atoms with Crippen molar-refractivity contribution >= 4 is 0 Å². The summed E-state index contributed by atoms with van der Waals surface area (Å²) in [4.78, 5) is 0. The summed E-state index contributed by atoms with van der Waals surface area (Å²) in [6.45, 7) is 5.84. The van der Waals surface area contributed by atoms with Crippen molar-refractivity contribution in [3.63, 3.8) is 0 Å². The molecule has 0 aromatic carbocycles. The zero-order valence-corrected chi connectivity index (χ0v) is 17.8. The standard InChI is InChI=1S/C29H36/c1-3-5-7-9-11-13-15-17-19-21-23-25-27-29-28-26-24-22-20-18-16-14-12-10-8-6-4-2/h3,5,7,9,11-29H,1,4,6,8,10H2,2H3.